The van der Waals surface area contributed by atoms with Crippen molar-refractivity contribution in [3.8, 4) is 11.5 Å². The molecule has 0 amide bonds. The first-order valence-electron chi connectivity index (χ1n) is 5.84. The van der Waals surface area contributed by atoms with Crippen LogP contribution >= 0.6 is 15.9 Å². The van der Waals surface area contributed by atoms with Crippen LogP contribution in [0.25, 0.3) is 0 Å². The SMILES string of the molecule is NCc1ccc(Oc2ccc(C(F)(F)F)cc2Br)cc1F. The van der Waals surface area contributed by atoms with Crippen LogP contribution in [0, 0.1) is 5.82 Å². The fourth-order valence-corrected chi connectivity index (χ4v) is 2.10. The molecule has 0 saturated heterocycles. The lowest BCUT2D eigenvalue weighted by molar-refractivity contribution is -0.137. The van der Waals surface area contributed by atoms with Gasteiger partial charge in [-0.15, -0.1) is 0 Å². The molecule has 0 unspecified atom stereocenters. The molecule has 2 nitrogen and oxygen atoms in total. The van der Waals surface area contributed by atoms with E-state index in [1.807, 2.05) is 0 Å². The average Bonchev–Trinajstić information content (AvgIpc) is 2.40. The zero-order chi connectivity index (χ0) is 15.6. The number of hydrogen-bond donors (Lipinski definition) is 1. The molecule has 7 heteroatoms. The van der Waals surface area contributed by atoms with Crippen LogP contribution in [0.4, 0.5) is 17.6 Å². The quantitative estimate of drug-likeness (QED) is 0.790. The summed E-state index contributed by atoms with van der Waals surface area (Å²) in [7, 11) is 0. The van der Waals surface area contributed by atoms with Crippen molar-refractivity contribution in [2.45, 2.75) is 12.7 Å². The van der Waals surface area contributed by atoms with Crippen molar-refractivity contribution in [2.24, 2.45) is 5.73 Å². The van der Waals surface area contributed by atoms with Gasteiger partial charge in [0.15, 0.2) is 0 Å². The van der Waals surface area contributed by atoms with Crippen LogP contribution in [0.5, 0.6) is 11.5 Å². The summed E-state index contributed by atoms with van der Waals surface area (Å²) in [6, 6.07) is 7.05. The lowest BCUT2D eigenvalue weighted by Gasteiger charge is -2.12. The molecule has 0 radical (unpaired) electrons. The third-order valence-corrected chi connectivity index (χ3v) is 3.35. The Morgan fingerprint density at radius 1 is 1.10 bits per heavy atom. The van der Waals surface area contributed by atoms with Crippen molar-refractivity contribution in [2.75, 3.05) is 0 Å². The Morgan fingerprint density at radius 2 is 1.81 bits per heavy atom. The van der Waals surface area contributed by atoms with Crippen molar-refractivity contribution in [1.82, 2.24) is 0 Å². The van der Waals surface area contributed by atoms with E-state index in [9.17, 15) is 17.6 Å². The molecular weight excluding hydrogens is 354 g/mol. The van der Waals surface area contributed by atoms with Crippen LogP contribution in [-0.2, 0) is 12.7 Å². The molecular formula is C14H10BrF4NO. The number of ether oxygens (including phenoxy) is 1. The van der Waals surface area contributed by atoms with E-state index in [4.69, 9.17) is 10.5 Å². The smallest absolute Gasteiger partial charge is 0.416 e. The number of hydrogen-bond acceptors (Lipinski definition) is 2. The maximum atomic E-state index is 13.6. The van der Waals surface area contributed by atoms with E-state index in [0.29, 0.717) is 5.56 Å². The van der Waals surface area contributed by atoms with Gasteiger partial charge in [-0.1, -0.05) is 6.07 Å². The van der Waals surface area contributed by atoms with Gasteiger partial charge in [0.1, 0.15) is 17.3 Å². The van der Waals surface area contributed by atoms with Gasteiger partial charge in [-0.25, -0.2) is 4.39 Å². The molecule has 0 aromatic heterocycles. The van der Waals surface area contributed by atoms with E-state index < -0.39 is 17.6 Å². The van der Waals surface area contributed by atoms with Crippen LogP contribution in [0.1, 0.15) is 11.1 Å². The van der Waals surface area contributed by atoms with E-state index in [-0.39, 0.29) is 22.5 Å². The topological polar surface area (TPSA) is 35.2 Å². The van der Waals surface area contributed by atoms with Gasteiger partial charge in [0.2, 0.25) is 0 Å². The highest BCUT2D eigenvalue weighted by molar-refractivity contribution is 9.10. The van der Waals surface area contributed by atoms with Crippen molar-refractivity contribution in [3.05, 3.63) is 57.8 Å². The molecule has 2 aromatic carbocycles. The molecule has 0 aliphatic carbocycles. The molecule has 2 aromatic rings. The predicted molar refractivity (Wildman–Crippen MR) is 73.5 cm³/mol. The number of alkyl halides is 3. The summed E-state index contributed by atoms with van der Waals surface area (Å²) in [5.74, 6) is -0.203. The fourth-order valence-electron chi connectivity index (χ4n) is 1.64. The van der Waals surface area contributed by atoms with Gasteiger partial charge in [0.05, 0.1) is 10.0 Å². The summed E-state index contributed by atoms with van der Waals surface area (Å²) in [6.45, 7) is 0.0517. The first-order chi connectivity index (χ1) is 9.81. The van der Waals surface area contributed by atoms with E-state index in [2.05, 4.69) is 15.9 Å². The van der Waals surface area contributed by atoms with Crippen molar-refractivity contribution in [3.63, 3.8) is 0 Å². The fraction of sp³-hybridized carbons (Fsp3) is 0.143. The summed E-state index contributed by atoms with van der Waals surface area (Å²) in [5.41, 5.74) is 4.87. The van der Waals surface area contributed by atoms with Gasteiger partial charge in [0.25, 0.3) is 0 Å². The van der Waals surface area contributed by atoms with Crippen LogP contribution in [0.2, 0.25) is 0 Å². The van der Waals surface area contributed by atoms with Crippen LogP contribution in [-0.4, -0.2) is 0 Å². The normalized spacial score (nSPS) is 11.5. The third-order valence-electron chi connectivity index (χ3n) is 2.73. The molecule has 21 heavy (non-hydrogen) atoms. The first kappa shape index (κ1) is 15.8. The van der Waals surface area contributed by atoms with Gasteiger partial charge < -0.3 is 10.5 Å². The molecule has 2 N–H and O–H groups in total. The number of rotatable bonds is 3. The summed E-state index contributed by atoms with van der Waals surface area (Å²) >= 11 is 3.00. The van der Waals surface area contributed by atoms with Crippen LogP contribution in [0.15, 0.2) is 40.9 Å². The highest BCUT2D eigenvalue weighted by Crippen LogP contribution is 2.36. The van der Waals surface area contributed by atoms with Gasteiger partial charge in [-0.2, -0.15) is 13.2 Å². The van der Waals surface area contributed by atoms with E-state index >= 15 is 0 Å². The Kier molecular flexibility index (Phi) is 4.53. The molecule has 0 atom stereocenters. The molecule has 0 aliphatic rings. The number of halogens is 5. The zero-order valence-electron chi connectivity index (χ0n) is 10.5. The van der Waals surface area contributed by atoms with Gasteiger partial charge in [-0.05, 0) is 40.2 Å². The van der Waals surface area contributed by atoms with Gasteiger partial charge >= 0.3 is 6.18 Å². The maximum Gasteiger partial charge on any atom is 0.416 e. The molecule has 0 aliphatic heterocycles. The summed E-state index contributed by atoms with van der Waals surface area (Å²) in [6.07, 6.45) is -4.43. The third kappa shape index (κ3) is 3.74. The van der Waals surface area contributed by atoms with Crippen LogP contribution < -0.4 is 10.5 Å². The van der Waals surface area contributed by atoms with E-state index in [0.717, 1.165) is 18.2 Å². The second-order valence-electron chi connectivity index (χ2n) is 4.20. The monoisotopic (exact) mass is 363 g/mol. The minimum absolute atomic E-state index is 0.0517. The van der Waals surface area contributed by atoms with Crippen molar-refractivity contribution < 1.29 is 22.3 Å². The number of nitrogens with two attached hydrogens (primary N) is 1. The lowest BCUT2D eigenvalue weighted by atomic mass is 10.2. The van der Waals surface area contributed by atoms with Gasteiger partial charge in [-0.3, -0.25) is 0 Å². The van der Waals surface area contributed by atoms with Crippen molar-refractivity contribution >= 4 is 15.9 Å². The Balaban J connectivity index is 2.26. The molecule has 0 heterocycles. The van der Waals surface area contributed by atoms with E-state index in [1.54, 1.807) is 0 Å². The Bertz CT molecular complexity index is 658. The molecule has 112 valence electrons. The Hall–Kier alpha value is -1.60. The highest BCUT2D eigenvalue weighted by atomic mass is 79.9. The maximum absolute atomic E-state index is 13.6. The molecule has 0 spiro atoms. The predicted octanol–water partition coefficient (Wildman–Crippen LogP) is 4.86. The van der Waals surface area contributed by atoms with Crippen molar-refractivity contribution in [1.29, 1.82) is 0 Å². The van der Waals surface area contributed by atoms with Crippen LogP contribution in [0.3, 0.4) is 0 Å². The van der Waals surface area contributed by atoms with Gasteiger partial charge in [0, 0.05) is 18.2 Å². The molecule has 0 fully saturated rings. The lowest BCUT2D eigenvalue weighted by Crippen LogP contribution is -2.04. The summed E-state index contributed by atoms with van der Waals surface area (Å²) in [4.78, 5) is 0. The van der Waals surface area contributed by atoms with E-state index in [1.165, 1.54) is 18.2 Å². The standard InChI is InChI=1S/C14H10BrF4NO/c15-11-5-9(14(17,18)19)2-4-13(11)21-10-3-1-8(7-20)12(16)6-10/h1-6H,7,20H2. The average molecular weight is 364 g/mol. The molecule has 0 bridgehead atoms. The minimum Gasteiger partial charge on any atom is -0.456 e. The second kappa shape index (κ2) is 6.03. The molecule has 0 saturated carbocycles. The second-order valence-corrected chi connectivity index (χ2v) is 5.06. The molecule has 2 rings (SSSR count). The Labute approximate surface area is 126 Å². The first-order valence-corrected chi connectivity index (χ1v) is 6.63. The minimum atomic E-state index is -4.43. The Morgan fingerprint density at radius 3 is 2.33 bits per heavy atom. The largest absolute Gasteiger partial charge is 0.456 e. The number of benzene rings is 2. The summed E-state index contributed by atoms with van der Waals surface area (Å²) < 4.78 is 56.7. The highest BCUT2D eigenvalue weighted by Gasteiger charge is 2.31. The zero-order valence-corrected chi connectivity index (χ0v) is 12.1. The summed E-state index contributed by atoms with van der Waals surface area (Å²) in [5, 5.41) is 0.